The Balaban J connectivity index is 2.75. The fraction of sp³-hybridized carbons (Fsp3) is 0.571. The molecule has 1 rings (SSSR count). The summed E-state index contributed by atoms with van der Waals surface area (Å²) in [4.78, 5) is 2.18. The maximum absolute atomic E-state index is 13.9. The molecule has 1 unspecified atom stereocenters. The molecule has 0 amide bonds. The molecule has 4 heteroatoms. The molecule has 0 aliphatic rings. The largest absolute Gasteiger partial charge is 0.383 e. The Hall–Kier alpha value is -0.970. The van der Waals surface area contributed by atoms with Crippen molar-refractivity contribution in [2.45, 2.75) is 33.0 Å². The van der Waals surface area contributed by atoms with E-state index in [-0.39, 0.29) is 11.9 Å². The Morgan fingerprint density at radius 3 is 2.67 bits per heavy atom. The zero-order valence-corrected chi connectivity index (χ0v) is 11.4. The van der Waals surface area contributed by atoms with Gasteiger partial charge in [-0.3, -0.25) is 4.90 Å². The minimum atomic E-state index is -0.180. The lowest BCUT2D eigenvalue weighted by atomic mass is 10.1. The Morgan fingerprint density at radius 1 is 1.44 bits per heavy atom. The molecule has 1 aromatic rings. The number of rotatable bonds is 7. The minimum absolute atomic E-state index is 0.180. The highest BCUT2D eigenvalue weighted by Gasteiger charge is 2.14. The summed E-state index contributed by atoms with van der Waals surface area (Å²) in [6.45, 7) is 6.63. The number of hydrogen-bond acceptors (Lipinski definition) is 3. The van der Waals surface area contributed by atoms with Crippen molar-refractivity contribution in [3.63, 3.8) is 0 Å². The predicted molar refractivity (Wildman–Crippen MR) is 71.7 cm³/mol. The number of nitrogens with two attached hydrogens (primary N) is 1. The van der Waals surface area contributed by atoms with Crippen molar-refractivity contribution >= 4 is 0 Å². The van der Waals surface area contributed by atoms with E-state index >= 15 is 0 Å². The maximum Gasteiger partial charge on any atom is 0.128 e. The monoisotopic (exact) mass is 254 g/mol. The quantitative estimate of drug-likeness (QED) is 0.810. The summed E-state index contributed by atoms with van der Waals surface area (Å²) in [5, 5.41) is 0. The van der Waals surface area contributed by atoms with Crippen LogP contribution in [0.25, 0.3) is 0 Å². The number of ether oxygens (including phenoxy) is 1. The van der Waals surface area contributed by atoms with E-state index in [0.717, 1.165) is 12.1 Å². The molecule has 0 saturated heterocycles. The molecular formula is C14H23FN2O. The average Bonchev–Trinajstić information content (AvgIpc) is 2.37. The number of benzene rings is 1. The van der Waals surface area contributed by atoms with Gasteiger partial charge >= 0.3 is 0 Å². The number of hydrogen-bond donors (Lipinski definition) is 1. The molecule has 1 atom stereocenters. The number of likely N-dealkylation sites (N-methyl/N-ethyl adjacent to an activating group) is 1. The van der Waals surface area contributed by atoms with E-state index in [2.05, 4.69) is 18.7 Å². The van der Waals surface area contributed by atoms with Crippen LogP contribution in [0.2, 0.25) is 0 Å². The summed E-state index contributed by atoms with van der Waals surface area (Å²) in [6.07, 6.45) is 0. The van der Waals surface area contributed by atoms with Gasteiger partial charge in [0, 0.05) is 31.8 Å². The summed E-state index contributed by atoms with van der Waals surface area (Å²) in [5.74, 6) is -0.180. The molecule has 102 valence electrons. The molecule has 2 N–H and O–H groups in total. The van der Waals surface area contributed by atoms with E-state index in [1.54, 1.807) is 7.11 Å². The maximum atomic E-state index is 13.9. The molecular weight excluding hydrogens is 231 g/mol. The molecule has 0 aromatic heterocycles. The van der Waals surface area contributed by atoms with Crippen molar-refractivity contribution in [2.24, 2.45) is 5.73 Å². The Bertz CT molecular complexity index is 371. The Morgan fingerprint density at radius 2 is 2.17 bits per heavy atom. The lowest BCUT2D eigenvalue weighted by Gasteiger charge is -2.27. The van der Waals surface area contributed by atoms with E-state index < -0.39 is 0 Å². The summed E-state index contributed by atoms with van der Waals surface area (Å²) in [6, 6.07) is 5.49. The zero-order valence-electron chi connectivity index (χ0n) is 11.4. The van der Waals surface area contributed by atoms with Crippen LogP contribution in [0.4, 0.5) is 4.39 Å². The van der Waals surface area contributed by atoms with Gasteiger partial charge in [0.25, 0.3) is 0 Å². The number of methoxy groups -OCH3 is 1. The van der Waals surface area contributed by atoms with Gasteiger partial charge in [0.05, 0.1) is 6.61 Å². The van der Waals surface area contributed by atoms with Crippen LogP contribution in [0.15, 0.2) is 18.2 Å². The van der Waals surface area contributed by atoms with Gasteiger partial charge in [0.1, 0.15) is 5.82 Å². The Kier molecular flexibility index (Phi) is 6.25. The van der Waals surface area contributed by atoms with E-state index in [9.17, 15) is 4.39 Å². The van der Waals surface area contributed by atoms with Crippen LogP contribution in [0.3, 0.4) is 0 Å². The first-order valence-corrected chi connectivity index (χ1v) is 6.32. The highest BCUT2D eigenvalue weighted by Crippen LogP contribution is 2.14. The second-order valence-electron chi connectivity index (χ2n) is 4.50. The third-order valence-corrected chi connectivity index (χ3v) is 3.16. The normalized spacial score (nSPS) is 13.0. The fourth-order valence-corrected chi connectivity index (χ4v) is 1.99. The van der Waals surface area contributed by atoms with E-state index in [1.807, 2.05) is 12.1 Å². The van der Waals surface area contributed by atoms with Crippen molar-refractivity contribution in [1.29, 1.82) is 0 Å². The topological polar surface area (TPSA) is 38.5 Å². The second-order valence-corrected chi connectivity index (χ2v) is 4.50. The third-order valence-electron chi connectivity index (χ3n) is 3.16. The highest BCUT2D eigenvalue weighted by atomic mass is 19.1. The van der Waals surface area contributed by atoms with Crippen molar-refractivity contribution < 1.29 is 9.13 Å². The highest BCUT2D eigenvalue weighted by molar-refractivity contribution is 5.24. The smallest absolute Gasteiger partial charge is 0.128 e. The summed E-state index contributed by atoms with van der Waals surface area (Å²) >= 11 is 0. The fourth-order valence-electron chi connectivity index (χ4n) is 1.99. The van der Waals surface area contributed by atoms with Gasteiger partial charge in [0.15, 0.2) is 0 Å². The molecule has 0 bridgehead atoms. The molecule has 3 nitrogen and oxygen atoms in total. The molecule has 0 heterocycles. The van der Waals surface area contributed by atoms with E-state index in [4.69, 9.17) is 10.5 Å². The molecule has 0 aliphatic carbocycles. The van der Waals surface area contributed by atoms with Crippen LogP contribution in [0.1, 0.15) is 25.0 Å². The lowest BCUT2D eigenvalue weighted by Crippen LogP contribution is -2.35. The average molecular weight is 254 g/mol. The van der Waals surface area contributed by atoms with Gasteiger partial charge in [-0.2, -0.15) is 0 Å². The van der Waals surface area contributed by atoms with Crippen LogP contribution >= 0.6 is 0 Å². The van der Waals surface area contributed by atoms with Crippen LogP contribution < -0.4 is 5.73 Å². The Labute approximate surface area is 109 Å². The predicted octanol–water partition coefficient (Wildman–Crippen LogP) is 2.14. The molecule has 0 fully saturated rings. The van der Waals surface area contributed by atoms with E-state index in [1.165, 1.54) is 6.07 Å². The first kappa shape index (κ1) is 15.1. The lowest BCUT2D eigenvalue weighted by molar-refractivity contribution is 0.0975. The molecule has 0 saturated carbocycles. The first-order valence-electron chi connectivity index (χ1n) is 6.32. The summed E-state index contributed by atoms with van der Waals surface area (Å²) in [7, 11) is 1.68. The van der Waals surface area contributed by atoms with Gasteiger partial charge in [-0.1, -0.05) is 19.1 Å². The molecule has 1 aromatic carbocycles. The molecule has 0 aliphatic heterocycles. The van der Waals surface area contributed by atoms with Crippen LogP contribution in [0.5, 0.6) is 0 Å². The summed E-state index contributed by atoms with van der Waals surface area (Å²) < 4.78 is 19.0. The molecule has 18 heavy (non-hydrogen) atoms. The van der Waals surface area contributed by atoms with Gasteiger partial charge < -0.3 is 10.5 Å². The zero-order chi connectivity index (χ0) is 13.5. The molecule has 0 radical (unpaired) electrons. The third kappa shape index (κ3) is 4.05. The van der Waals surface area contributed by atoms with Gasteiger partial charge in [0.2, 0.25) is 0 Å². The number of halogens is 1. The SMILES string of the molecule is CCN(Cc1ccc(CN)cc1F)C(C)COC. The van der Waals surface area contributed by atoms with Crippen LogP contribution in [0, 0.1) is 5.82 Å². The van der Waals surface area contributed by atoms with Gasteiger partial charge in [-0.05, 0) is 25.1 Å². The standard InChI is InChI=1S/C14H23FN2O/c1-4-17(11(2)10-18-3)9-13-6-5-12(8-16)7-14(13)15/h5-7,11H,4,8-10,16H2,1-3H3. The van der Waals surface area contributed by atoms with Gasteiger partial charge in [-0.15, -0.1) is 0 Å². The second kappa shape index (κ2) is 7.46. The van der Waals surface area contributed by atoms with Crippen LogP contribution in [-0.2, 0) is 17.8 Å². The van der Waals surface area contributed by atoms with Gasteiger partial charge in [-0.25, -0.2) is 4.39 Å². The van der Waals surface area contributed by atoms with Crippen LogP contribution in [-0.4, -0.2) is 31.2 Å². The van der Waals surface area contributed by atoms with Crippen molar-refractivity contribution in [1.82, 2.24) is 4.90 Å². The van der Waals surface area contributed by atoms with Crippen molar-refractivity contribution in [3.05, 3.63) is 35.1 Å². The molecule has 0 spiro atoms. The first-order chi connectivity index (χ1) is 8.62. The summed E-state index contributed by atoms with van der Waals surface area (Å²) in [5.41, 5.74) is 7.02. The number of nitrogens with zero attached hydrogens (tertiary/aromatic N) is 1. The van der Waals surface area contributed by atoms with Crippen molar-refractivity contribution in [2.75, 3.05) is 20.3 Å². The minimum Gasteiger partial charge on any atom is -0.383 e. The van der Waals surface area contributed by atoms with Crippen molar-refractivity contribution in [3.8, 4) is 0 Å². The van der Waals surface area contributed by atoms with E-state index in [0.29, 0.717) is 25.3 Å².